The average Bonchev–Trinajstić information content (AvgIpc) is 3.16. The van der Waals surface area contributed by atoms with Crippen LogP contribution in [0.5, 0.6) is 5.75 Å². The van der Waals surface area contributed by atoms with Crippen molar-refractivity contribution in [2.24, 2.45) is 4.99 Å². The fourth-order valence-corrected chi connectivity index (χ4v) is 6.70. The highest BCUT2D eigenvalue weighted by Crippen LogP contribution is 2.40. The summed E-state index contributed by atoms with van der Waals surface area (Å²) in [7, 11) is 5.57. The number of benzene rings is 3. The van der Waals surface area contributed by atoms with Crippen LogP contribution in [0.4, 0.5) is 5.69 Å². The molecule has 0 aliphatic carbocycles. The largest absolute Gasteiger partial charge is 0.496 e. The van der Waals surface area contributed by atoms with Gasteiger partial charge in [0.2, 0.25) is 0 Å². The highest BCUT2D eigenvalue weighted by Gasteiger charge is 2.33. The van der Waals surface area contributed by atoms with Crippen molar-refractivity contribution in [3.8, 4) is 5.75 Å². The molecule has 1 atom stereocenters. The van der Waals surface area contributed by atoms with Crippen LogP contribution in [0.25, 0.3) is 16.8 Å². The van der Waals surface area contributed by atoms with Gasteiger partial charge in [0.25, 0.3) is 5.56 Å². The predicted molar refractivity (Wildman–Crippen MR) is 153 cm³/mol. The Morgan fingerprint density at radius 3 is 2.59 bits per heavy atom. The zero-order valence-corrected chi connectivity index (χ0v) is 23.6. The van der Waals surface area contributed by atoms with Crippen molar-refractivity contribution in [1.29, 1.82) is 0 Å². The van der Waals surface area contributed by atoms with Gasteiger partial charge in [-0.3, -0.25) is 14.2 Å². The van der Waals surface area contributed by atoms with Crippen LogP contribution in [0.15, 0.2) is 80.1 Å². The maximum Gasteiger partial charge on any atom is 0.271 e. The van der Waals surface area contributed by atoms with Gasteiger partial charge >= 0.3 is 0 Å². The van der Waals surface area contributed by atoms with E-state index in [1.165, 1.54) is 18.3 Å². The quantitative estimate of drug-likeness (QED) is 0.342. The number of halogens is 1. The lowest BCUT2D eigenvalue weighted by Crippen LogP contribution is -2.39. The van der Waals surface area contributed by atoms with Crippen molar-refractivity contribution in [2.75, 3.05) is 26.1 Å². The van der Waals surface area contributed by atoms with E-state index in [0.717, 1.165) is 32.1 Å². The molecule has 0 fully saturated rings. The Morgan fingerprint density at radius 1 is 1.16 bits per heavy atom. The van der Waals surface area contributed by atoms with E-state index in [2.05, 4.69) is 15.9 Å². The summed E-state index contributed by atoms with van der Waals surface area (Å²) < 4.78 is 8.91. The molecule has 1 aliphatic heterocycles. The van der Waals surface area contributed by atoms with Gasteiger partial charge in [-0.2, -0.15) is 0 Å². The molecule has 4 aromatic rings. The number of Topliss-reactive ketones (excluding diaryl/α,β-unsaturated/α-hetero) is 1. The number of thiazole rings is 1. The number of hydrogen-bond donors (Lipinski definition) is 0. The summed E-state index contributed by atoms with van der Waals surface area (Å²) in [6, 6.07) is 17.1. The van der Waals surface area contributed by atoms with Crippen LogP contribution in [-0.4, -0.2) is 31.6 Å². The molecule has 37 heavy (non-hydrogen) atoms. The van der Waals surface area contributed by atoms with Crippen LogP contribution in [0.1, 0.15) is 31.0 Å². The molecule has 0 amide bonds. The van der Waals surface area contributed by atoms with Crippen LogP contribution < -0.4 is 24.5 Å². The van der Waals surface area contributed by atoms with Crippen molar-refractivity contribution >= 4 is 55.6 Å². The molecule has 0 N–H and O–H groups in total. The number of allylic oxidation sites excluding steroid dienone is 2. The fourth-order valence-electron chi connectivity index (χ4n) is 4.91. The third-order valence-electron chi connectivity index (χ3n) is 6.58. The second-order valence-corrected chi connectivity index (χ2v) is 11.0. The molecule has 0 radical (unpaired) electrons. The van der Waals surface area contributed by atoms with Gasteiger partial charge in [0.05, 0.1) is 23.4 Å². The number of carbonyl (C=O) groups excluding carboxylic acids is 1. The van der Waals surface area contributed by atoms with Crippen LogP contribution in [0.3, 0.4) is 0 Å². The van der Waals surface area contributed by atoms with E-state index in [0.29, 0.717) is 26.4 Å². The molecule has 0 saturated carbocycles. The molecule has 0 bridgehead atoms. The van der Waals surface area contributed by atoms with E-state index in [4.69, 9.17) is 9.73 Å². The Balaban J connectivity index is 1.80. The molecule has 1 aliphatic rings. The molecule has 0 saturated heterocycles. The van der Waals surface area contributed by atoms with Crippen LogP contribution in [-0.2, 0) is 4.79 Å². The third-order valence-corrected chi connectivity index (χ3v) is 8.19. The number of ketones is 1. The molecule has 8 heteroatoms. The highest BCUT2D eigenvalue weighted by atomic mass is 79.9. The van der Waals surface area contributed by atoms with Gasteiger partial charge in [0, 0.05) is 35.4 Å². The lowest BCUT2D eigenvalue weighted by atomic mass is 9.89. The minimum atomic E-state index is -0.653. The Kier molecular flexibility index (Phi) is 6.64. The fraction of sp³-hybridized carbons (Fsp3) is 0.207. The molecule has 0 unspecified atom stereocenters. The van der Waals surface area contributed by atoms with E-state index in [1.807, 2.05) is 86.6 Å². The minimum absolute atomic E-state index is 0.126. The first-order valence-electron chi connectivity index (χ1n) is 11.8. The van der Waals surface area contributed by atoms with E-state index < -0.39 is 6.04 Å². The zero-order valence-electron chi connectivity index (χ0n) is 21.2. The first-order chi connectivity index (χ1) is 17.7. The predicted octanol–water partition coefficient (Wildman–Crippen LogP) is 4.81. The second-order valence-electron chi connectivity index (χ2n) is 9.15. The lowest BCUT2D eigenvalue weighted by molar-refractivity contribution is -0.114. The highest BCUT2D eigenvalue weighted by molar-refractivity contribution is 9.10. The first kappa shape index (κ1) is 25.2. The molecule has 2 heterocycles. The summed E-state index contributed by atoms with van der Waals surface area (Å²) >= 11 is 4.95. The van der Waals surface area contributed by atoms with Crippen molar-refractivity contribution in [1.82, 2.24) is 4.57 Å². The number of nitrogens with zero attached hydrogens (tertiary/aromatic N) is 3. The standard InChI is InChI=1S/C29H26BrN3O3S/c1-16-25(17(2)34)27(26-20-9-7-6-8-19(20)11-13-23(26)36-5)33-28(35)24(37-29(33)31-16)15-18-10-12-22(32(3)4)21(30)14-18/h6-15,27H,1-5H3/t27-/m1/s1. The maximum absolute atomic E-state index is 14.0. The van der Waals surface area contributed by atoms with Crippen molar-refractivity contribution in [3.63, 3.8) is 0 Å². The number of ether oxygens (including phenoxy) is 1. The number of methoxy groups -OCH3 is 1. The zero-order chi connectivity index (χ0) is 26.4. The number of fused-ring (bicyclic) bond motifs is 2. The molecule has 1 aromatic heterocycles. The molecule has 0 spiro atoms. The van der Waals surface area contributed by atoms with E-state index in [9.17, 15) is 9.59 Å². The van der Waals surface area contributed by atoms with Gasteiger partial charge in [0.15, 0.2) is 10.6 Å². The molecule has 188 valence electrons. The first-order valence-corrected chi connectivity index (χ1v) is 13.4. The second kappa shape index (κ2) is 9.76. The van der Waals surface area contributed by atoms with Crippen LogP contribution >= 0.6 is 27.3 Å². The number of hydrogen-bond acceptors (Lipinski definition) is 6. The van der Waals surface area contributed by atoms with Gasteiger partial charge in [-0.1, -0.05) is 47.7 Å². The summed E-state index contributed by atoms with van der Waals surface area (Å²) in [5, 5.41) is 1.93. The van der Waals surface area contributed by atoms with Gasteiger partial charge in [-0.25, -0.2) is 4.99 Å². The maximum atomic E-state index is 14.0. The SMILES string of the molecule is COc1ccc2ccccc2c1[C@H]1C(C(C)=O)=C(C)N=c2sc(=Cc3ccc(N(C)C)c(Br)c3)c(=O)n21. The Bertz CT molecular complexity index is 1780. The molecule has 5 rings (SSSR count). The van der Waals surface area contributed by atoms with Crippen molar-refractivity contribution in [2.45, 2.75) is 19.9 Å². The molecule has 3 aromatic carbocycles. The van der Waals surface area contributed by atoms with Crippen molar-refractivity contribution < 1.29 is 9.53 Å². The summed E-state index contributed by atoms with van der Waals surface area (Å²) in [5.74, 6) is 0.494. The topological polar surface area (TPSA) is 63.9 Å². The molecular weight excluding hydrogens is 550 g/mol. The lowest BCUT2D eigenvalue weighted by Gasteiger charge is -2.27. The number of anilines is 1. The molecular formula is C29H26BrN3O3S. The van der Waals surface area contributed by atoms with E-state index >= 15 is 0 Å². The van der Waals surface area contributed by atoms with E-state index in [-0.39, 0.29) is 11.3 Å². The van der Waals surface area contributed by atoms with Crippen LogP contribution in [0.2, 0.25) is 0 Å². The normalized spacial score (nSPS) is 15.5. The minimum Gasteiger partial charge on any atom is -0.496 e. The van der Waals surface area contributed by atoms with Gasteiger partial charge in [-0.05, 0) is 70.4 Å². The Morgan fingerprint density at radius 2 is 1.92 bits per heavy atom. The third kappa shape index (κ3) is 4.34. The average molecular weight is 577 g/mol. The van der Waals surface area contributed by atoms with Crippen molar-refractivity contribution in [3.05, 3.63) is 101 Å². The monoisotopic (exact) mass is 575 g/mol. The Hall–Kier alpha value is -3.49. The van der Waals surface area contributed by atoms with E-state index in [1.54, 1.807) is 11.7 Å². The smallest absolute Gasteiger partial charge is 0.271 e. The summed E-state index contributed by atoms with van der Waals surface area (Å²) in [6.07, 6.45) is 1.87. The van der Waals surface area contributed by atoms with Crippen LogP contribution in [0, 0.1) is 0 Å². The number of carbonyl (C=O) groups is 1. The van der Waals surface area contributed by atoms with Gasteiger partial charge in [-0.15, -0.1) is 0 Å². The molecule has 6 nitrogen and oxygen atoms in total. The Labute approximate surface area is 227 Å². The van der Waals surface area contributed by atoms with Gasteiger partial charge < -0.3 is 9.64 Å². The summed E-state index contributed by atoms with van der Waals surface area (Å²) in [5.41, 5.74) is 3.63. The number of aromatic nitrogens is 1. The van der Waals surface area contributed by atoms with Gasteiger partial charge in [0.1, 0.15) is 5.75 Å². The number of rotatable bonds is 5. The summed E-state index contributed by atoms with van der Waals surface area (Å²) in [6.45, 7) is 3.35. The summed E-state index contributed by atoms with van der Waals surface area (Å²) in [4.78, 5) is 34.2.